The molecule has 1 unspecified atom stereocenters. The van der Waals surface area contributed by atoms with Crippen molar-refractivity contribution in [1.82, 2.24) is 19.3 Å². The third-order valence-corrected chi connectivity index (χ3v) is 4.56. The van der Waals surface area contributed by atoms with Crippen molar-refractivity contribution >= 4 is 0 Å². The minimum Gasteiger partial charge on any atom is -0.330 e. The summed E-state index contributed by atoms with van der Waals surface area (Å²) in [5.41, 5.74) is 4.97. The van der Waals surface area contributed by atoms with Crippen molar-refractivity contribution in [2.45, 2.75) is 45.6 Å². The van der Waals surface area contributed by atoms with Gasteiger partial charge in [0.2, 0.25) is 0 Å². The normalized spacial score (nSPS) is 12.7. The largest absolute Gasteiger partial charge is 0.330 e. The second-order valence-electron chi connectivity index (χ2n) is 6.83. The van der Waals surface area contributed by atoms with Crippen LogP contribution >= 0.6 is 0 Å². The molecule has 0 fully saturated rings. The number of benzene rings is 1. The number of nitrogens with zero attached hydrogens (tertiary/aromatic N) is 4. The maximum absolute atomic E-state index is 4.69. The van der Waals surface area contributed by atoms with Gasteiger partial charge in [0.25, 0.3) is 0 Å². The second kappa shape index (κ2) is 7.04. The molecule has 0 amide bonds. The van der Waals surface area contributed by atoms with Crippen LogP contribution in [-0.4, -0.2) is 19.3 Å². The fraction of sp³-hybridized carbons (Fsp3) is 0.400. The Morgan fingerprint density at radius 3 is 2.46 bits per heavy atom. The minimum absolute atomic E-state index is 0.414. The summed E-state index contributed by atoms with van der Waals surface area (Å²) >= 11 is 0. The fourth-order valence-electron chi connectivity index (χ4n) is 3.09. The summed E-state index contributed by atoms with van der Waals surface area (Å²) in [5, 5.41) is 4.28. The molecule has 4 nitrogen and oxygen atoms in total. The highest BCUT2D eigenvalue weighted by atomic mass is 15.2. The van der Waals surface area contributed by atoms with Crippen LogP contribution in [0.1, 0.15) is 50.3 Å². The van der Waals surface area contributed by atoms with Crippen LogP contribution in [-0.2, 0) is 13.6 Å². The lowest BCUT2D eigenvalue weighted by molar-refractivity contribution is 0.578. The van der Waals surface area contributed by atoms with Gasteiger partial charge in [-0.05, 0) is 23.8 Å². The van der Waals surface area contributed by atoms with Gasteiger partial charge in [0.05, 0.1) is 23.9 Å². The molecule has 0 aliphatic carbocycles. The Bertz CT molecular complexity index is 783. The summed E-state index contributed by atoms with van der Waals surface area (Å²) in [4.78, 5) is 4.69. The summed E-state index contributed by atoms with van der Waals surface area (Å²) in [6, 6.07) is 10.6. The quantitative estimate of drug-likeness (QED) is 0.665. The van der Waals surface area contributed by atoms with Crippen LogP contribution in [0.5, 0.6) is 0 Å². The Kier molecular flexibility index (Phi) is 4.84. The van der Waals surface area contributed by atoms with E-state index in [1.54, 1.807) is 0 Å². The third-order valence-electron chi connectivity index (χ3n) is 4.56. The zero-order valence-corrected chi connectivity index (χ0v) is 15.0. The number of aryl methyl sites for hydroxylation is 2. The first kappa shape index (κ1) is 16.5. The molecule has 3 rings (SSSR count). The molecule has 0 saturated heterocycles. The van der Waals surface area contributed by atoms with Gasteiger partial charge in [-0.15, -0.1) is 0 Å². The van der Waals surface area contributed by atoms with Crippen LogP contribution in [0.25, 0.3) is 11.3 Å². The first-order valence-electron chi connectivity index (χ1n) is 8.65. The Morgan fingerprint density at radius 1 is 1.08 bits per heavy atom. The molecule has 0 saturated carbocycles. The lowest BCUT2D eigenvalue weighted by Gasteiger charge is -2.14. The Balaban J connectivity index is 1.83. The number of hydrogen-bond acceptors (Lipinski definition) is 2. The zero-order chi connectivity index (χ0) is 17.1. The molecule has 0 N–H and O–H groups in total. The van der Waals surface area contributed by atoms with E-state index in [1.165, 1.54) is 22.5 Å². The minimum atomic E-state index is 0.414. The average Bonchev–Trinajstić information content (AvgIpc) is 3.19. The number of rotatable bonds is 6. The van der Waals surface area contributed by atoms with Crippen molar-refractivity contribution < 1.29 is 0 Å². The van der Waals surface area contributed by atoms with Crippen molar-refractivity contribution in [2.24, 2.45) is 7.05 Å². The molecule has 2 heterocycles. The maximum atomic E-state index is 4.69. The van der Waals surface area contributed by atoms with Crippen molar-refractivity contribution in [2.75, 3.05) is 0 Å². The molecule has 24 heavy (non-hydrogen) atoms. The van der Waals surface area contributed by atoms with Gasteiger partial charge in [0.15, 0.2) is 0 Å². The Morgan fingerprint density at radius 2 is 1.83 bits per heavy atom. The molecule has 1 atom stereocenters. The lowest BCUT2D eigenvalue weighted by atomic mass is 10.0. The van der Waals surface area contributed by atoms with Crippen molar-refractivity contribution in [3.8, 4) is 11.3 Å². The molecule has 1 aromatic carbocycles. The average molecular weight is 322 g/mol. The molecule has 4 heteroatoms. The molecule has 126 valence electrons. The van der Waals surface area contributed by atoms with E-state index in [1.807, 2.05) is 24.3 Å². The first-order valence-corrected chi connectivity index (χ1v) is 8.65. The number of hydrogen-bond donors (Lipinski definition) is 0. The van der Waals surface area contributed by atoms with E-state index in [0.717, 1.165) is 13.0 Å². The standard InChI is InChI=1S/C20H26N4/c1-15(2)19-20(17-8-6-5-7-9-17)24(14-21-19)11-10-16(3)18-12-22-23(4)13-18/h5-9,12-16H,10-11H2,1-4H3. The van der Waals surface area contributed by atoms with Gasteiger partial charge in [-0.2, -0.15) is 5.10 Å². The van der Waals surface area contributed by atoms with Gasteiger partial charge in [-0.3, -0.25) is 4.68 Å². The highest BCUT2D eigenvalue weighted by Gasteiger charge is 2.16. The molecular weight excluding hydrogens is 296 g/mol. The summed E-state index contributed by atoms with van der Waals surface area (Å²) in [5.74, 6) is 0.893. The Labute approximate surface area is 144 Å². The van der Waals surface area contributed by atoms with Crippen molar-refractivity contribution in [3.63, 3.8) is 0 Å². The molecule has 0 aliphatic heterocycles. The fourth-order valence-corrected chi connectivity index (χ4v) is 3.09. The van der Waals surface area contributed by atoms with E-state index in [0.29, 0.717) is 11.8 Å². The molecule has 3 aromatic rings. The summed E-state index contributed by atoms with van der Waals surface area (Å²) in [6.45, 7) is 7.63. The maximum Gasteiger partial charge on any atom is 0.0954 e. The van der Waals surface area contributed by atoms with Crippen LogP contribution in [0.4, 0.5) is 0 Å². The van der Waals surface area contributed by atoms with Crippen molar-refractivity contribution in [1.29, 1.82) is 0 Å². The van der Waals surface area contributed by atoms with Crippen LogP contribution in [0.2, 0.25) is 0 Å². The summed E-state index contributed by atoms with van der Waals surface area (Å²) < 4.78 is 4.17. The SMILES string of the molecule is CC(C)c1ncn(CCC(C)c2cnn(C)c2)c1-c1ccccc1. The van der Waals surface area contributed by atoms with Crippen molar-refractivity contribution in [3.05, 3.63) is 60.3 Å². The first-order chi connectivity index (χ1) is 11.6. The summed E-state index contributed by atoms with van der Waals surface area (Å²) in [7, 11) is 1.97. The van der Waals surface area contributed by atoms with Gasteiger partial charge in [-0.25, -0.2) is 4.98 Å². The van der Waals surface area contributed by atoms with E-state index in [-0.39, 0.29) is 0 Å². The molecule has 0 radical (unpaired) electrons. The highest BCUT2D eigenvalue weighted by molar-refractivity contribution is 5.63. The smallest absolute Gasteiger partial charge is 0.0954 e. The van der Waals surface area contributed by atoms with Gasteiger partial charge < -0.3 is 4.57 Å². The van der Waals surface area contributed by atoms with Crippen LogP contribution < -0.4 is 0 Å². The zero-order valence-electron chi connectivity index (χ0n) is 15.0. The molecular formula is C20H26N4. The van der Waals surface area contributed by atoms with E-state index in [9.17, 15) is 0 Å². The Hall–Kier alpha value is -2.36. The van der Waals surface area contributed by atoms with E-state index < -0.39 is 0 Å². The van der Waals surface area contributed by atoms with E-state index in [4.69, 9.17) is 4.98 Å². The summed E-state index contributed by atoms with van der Waals surface area (Å²) in [6.07, 6.45) is 7.14. The van der Waals surface area contributed by atoms with Gasteiger partial charge in [0.1, 0.15) is 0 Å². The van der Waals surface area contributed by atoms with E-state index in [2.05, 4.69) is 67.0 Å². The number of aromatic nitrogens is 4. The van der Waals surface area contributed by atoms with Crippen LogP contribution in [0, 0.1) is 0 Å². The van der Waals surface area contributed by atoms with Gasteiger partial charge in [-0.1, -0.05) is 51.1 Å². The third kappa shape index (κ3) is 3.42. The molecule has 0 bridgehead atoms. The topological polar surface area (TPSA) is 35.6 Å². The van der Waals surface area contributed by atoms with Gasteiger partial charge >= 0.3 is 0 Å². The monoisotopic (exact) mass is 322 g/mol. The number of imidazole rings is 1. The molecule has 2 aromatic heterocycles. The van der Waals surface area contributed by atoms with Crippen LogP contribution in [0.15, 0.2) is 49.1 Å². The highest BCUT2D eigenvalue weighted by Crippen LogP contribution is 2.29. The van der Waals surface area contributed by atoms with Gasteiger partial charge in [0, 0.05) is 25.4 Å². The predicted molar refractivity (Wildman–Crippen MR) is 98.0 cm³/mol. The predicted octanol–water partition coefficient (Wildman–Crippen LogP) is 4.60. The van der Waals surface area contributed by atoms with E-state index >= 15 is 0 Å². The van der Waals surface area contributed by atoms with Crippen LogP contribution in [0.3, 0.4) is 0 Å². The molecule has 0 spiro atoms. The second-order valence-corrected chi connectivity index (χ2v) is 6.83. The molecule has 0 aliphatic rings. The lowest BCUT2D eigenvalue weighted by Crippen LogP contribution is -2.04.